The predicted octanol–water partition coefficient (Wildman–Crippen LogP) is 5.30. The molecule has 8 nitrogen and oxygen atoms in total. The average Bonchev–Trinajstić information content (AvgIpc) is 3.80. The van der Waals surface area contributed by atoms with Gasteiger partial charge in [-0.25, -0.2) is 0 Å². The summed E-state index contributed by atoms with van der Waals surface area (Å²) in [5, 5.41) is 4.30. The first-order valence-electron chi connectivity index (χ1n) is 15.2. The molecule has 1 aromatic heterocycles. The molecule has 0 aliphatic carbocycles. The van der Waals surface area contributed by atoms with Crippen molar-refractivity contribution in [2.45, 2.75) is 38.3 Å². The summed E-state index contributed by atoms with van der Waals surface area (Å²) < 4.78 is 11.2. The lowest BCUT2D eigenvalue weighted by molar-refractivity contribution is -0.128. The number of rotatable bonds is 7. The van der Waals surface area contributed by atoms with E-state index in [4.69, 9.17) is 9.47 Å². The molecule has 0 bridgehead atoms. The van der Waals surface area contributed by atoms with E-state index < -0.39 is 0 Å². The Bertz CT molecular complexity index is 1710. The zero-order valence-electron chi connectivity index (χ0n) is 24.3. The fraction of sp³-hybridized carbons (Fsp3) is 0.314. The Morgan fingerprint density at radius 2 is 1.91 bits per heavy atom. The molecule has 2 unspecified atom stereocenters. The van der Waals surface area contributed by atoms with Crippen molar-refractivity contribution in [2.24, 2.45) is 0 Å². The van der Waals surface area contributed by atoms with Gasteiger partial charge in [0.1, 0.15) is 0 Å². The standard InChI is InChI=1S/C35H36N4O4/c1-2-38-17-6-9-26(38)21-36-35(41)25-8-5-7-23(19-25)12-15-32(40)39-18-16-28-27-10-3-4-11-29(27)37-33(28)34(39)24-13-14-30-31(20-24)43-22-42-30/h3-5,7-8,10-15,19-20,26,34,37H,2,6,9,16-18,21-22H2,1H3,(H,36,41). The number of carbonyl (C=O) groups is 2. The van der Waals surface area contributed by atoms with Gasteiger partial charge < -0.3 is 24.7 Å². The molecule has 3 aliphatic heterocycles. The van der Waals surface area contributed by atoms with Gasteiger partial charge in [0.05, 0.1) is 6.04 Å². The maximum atomic E-state index is 13.8. The highest BCUT2D eigenvalue weighted by molar-refractivity contribution is 5.96. The number of nitrogens with one attached hydrogen (secondary N) is 2. The molecule has 2 amide bonds. The Kier molecular flexibility index (Phi) is 7.37. The Labute approximate surface area is 251 Å². The number of hydrogen-bond donors (Lipinski definition) is 2. The molecule has 1 fully saturated rings. The van der Waals surface area contributed by atoms with Crippen molar-refractivity contribution in [1.29, 1.82) is 0 Å². The van der Waals surface area contributed by atoms with Gasteiger partial charge in [-0.3, -0.25) is 14.5 Å². The minimum atomic E-state index is -0.307. The number of aromatic amines is 1. The Balaban J connectivity index is 1.12. The van der Waals surface area contributed by atoms with Crippen molar-refractivity contribution in [2.75, 3.05) is 33.0 Å². The number of aromatic nitrogens is 1. The highest BCUT2D eigenvalue weighted by Crippen LogP contribution is 2.42. The predicted molar refractivity (Wildman–Crippen MR) is 166 cm³/mol. The summed E-state index contributed by atoms with van der Waals surface area (Å²) in [5.41, 5.74) is 5.68. The van der Waals surface area contributed by atoms with Crippen molar-refractivity contribution < 1.29 is 19.1 Å². The molecular formula is C35H36N4O4. The molecule has 2 N–H and O–H groups in total. The van der Waals surface area contributed by atoms with E-state index in [1.807, 2.05) is 53.4 Å². The van der Waals surface area contributed by atoms with Crippen LogP contribution in [0.5, 0.6) is 11.5 Å². The van der Waals surface area contributed by atoms with Gasteiger partial charge in [-0.05, 0) is 85.5 Å². The molecule has 4 heterocycles. The highest BCUT2D eigenvalue weighted by Gasteiger charge is 2.34. The van der Waals surface area contributed by atoms with Crippen molar-refractivity contribution in [3.8, 4) is 11.5 Å². The van der Waals surface area contributed by atoms with Crippen LogP contribution in [0, 0.1) is 0 Å². The molecule has 0 spiro atoms. The third kappa shape index (κ3) is 5.27. The summed E-state index contributed by atoms with van der Waals surface area (Å²) in [6, 6.07) is 21.7. The first kappa shape index (κ1) is 27.3. The van der Waals surface area contributed by atoms with Gasteiger partial charge in [0.2, 0.25) is 12.7 Å². The largest absolute Gasteiger partial charge is 0.454 e. The zero-order valence-corrected chi connectivity index (χ0v) is 24.3. The molecule has 3 aliphatic rings. The normalized spacial score (nSPS) is 19.7. The molecule has 7 rings (SSSR count). The van der Waals surface area contributed by atoms with Crippen molar-refractivity contribution in [3.05, 3.63) is 101 Å². The van der Waals surface area contributed by atoms with Gasteiger partial charge >= 0.3 is 0 Å². The fourth-order valence-electron chi connectivity index (χ4n) is 6.81. The average molecular weight is 577 g/mol. The summed E-state index contributed by atoms with van der Waals surface area (Å²) in [6.45, 7) is 5.69. The first-order chi connectivity index (χ1) is 21.1. The summed E-state index contributed by atoms with van der Waals surface area (Å²) in [5.74, 6) is 1.22. The number of likely N-dealkylation sites (N-methyl/N-ethyl adjacent to an activating group) is 1. The number of hydrogen-bond acceptors (Lipinski definition) is 5. The van der Waals surface area contributed by atoms with E-state index in [2.05, 4.69) is 40.3 Å². The number of H-pyrrole nitrogens is 1. The van der Waals surface area contributed by atoms with Gasteiger partial charge in [0.25, 0.3) is 5.91 Å². The molecule has 8 heteroatoms. The van der Waals surface area contributed by atoms with E-state index >= 15 is 0 Å². The third-order valence-electron chi connectivity index (χ3n) is 9.00. The second-order valence-electron chi connectivity index (χ2n) is 11.5. The summed E-state index contributed by atoms with van der Waals surface area (Å²) in [6.07, 6.45) is 6.46. The summed E-state index contributed by atoms with van der Waals surface area (Å²) >= 11 is 0. The van der Waals surface area contributed by atoms with Gasteiger partial charge in [-0.15, -0.1) is 0 Å². The molecule has 220 valence electrons. The molecule has 3 aromatic carbocycles. The minimum absolute atomic E-state index is 0.0882. The van der Waals surface area contributed by atoms with Crippen molar-refractivity contribution >= 4 is 28.8 Å². The number of para-hydroxylation sites is 1. The number of fused-ring (bicyclic) bond motifs is 4. The molecule has 0 radical (unpaired) electrons. The molecule has 43 heavy (non-hydrogen) atoms. The molecule has 4 aromatic rings. The molecule has 1 saturated heterocycles. The van der Waals surface area contributed by atoms with E-state index in [-0.39, 0.29) is 24.6 Å². The Hall–Kier alpha value is -4.56. The molecular weight excluding hydrogens is 540 g/mol. The van der Waals surface area contributed by atoms with Gasteiger partial charge in [-0.2, -0.15) is 0 Å². The fourth-order valence-corrected chi connectivity index (χ4v) is 6.81. The number of amides is 2. The smallest absolute Gasteiger partial charge is 0.251 e. The van der Waals surface area contributed by atoms with Crippen LogP contribution in [0.25, 0.3) is 17.0 Å². The van der Waals surface area contributed by atoms with Gasteiger partial charge in [0.15, 0.2) is 11.5 Å². The number of carbonyl (C=O) groups excluding carboxylic acids is 2. The van der Waals surface area contributed by atoms with Crippen LogP contribution in [0.3, 0.4) is 0 Å². The van der Waals surface area contributed by atoms with Crippen LogP contribution in [0.2, 0.25) is 0 Å². The van der Waals surface area contributed by atoms with Gasteiger partial charge in [-0.1, -0.05) is 43.3 Å². The van der Waals surface area contributed by atoms with Crippen molar-refractivity contribution in [3.63, 3.8) is 0 Å². The highest BCUT2D eigenvalue weighted by atomic mass is 16.7. The second kappa shape index (κ2) is 11.6. The molecule has 0 saturated carbocycles. The molecule has 2 atom stereocenters. The SMILES string of the molecule is CCN1CCCC1CNC(=O)c1cccc(C=CC(=O)N2CCc3c([nH]c4ccccc34)C2c2ccc3c(c2)OCO3)c1. The van der Waals surface area contributed by atoms with E-state index in [0.29, 0.717) is 36.2 Å². The quantitative estimate of drug-likeness (QED) is 0.292. The lowest BCUT2D eigenvalue weighted by Gasteiger charge is -2.35. The van der Waals surface area contributed by atoms with E-state index in [0.717, 1.165) is 48.3 Å². The monoisotopic (exact) mass is 576 g/mol. The maximum Gasteiger partial charge on any atom is 0.251 e. The van der Waals surface area contributed by atoms with E-state index in [1.54, 1.807) is 12.2 Å². The minimum Gasteiger partial charge on any atom is -0.454 e. The summed E-state index contributed by atoms with van der Waals surface area (Å²) in [4.78, 5) is 34.7. The lowest BCUT2D eigenvalue weighted by Crippen LogP contribution is -2.40. The second-order valence-corrected chi connectivity index (χ2v) is 11.5. The first-order valence-corrected chi connectivity index (χ1v) is 15.2. The number of nitrogens with zero attached hydrogens (tertiary/aromatic N) is 2. The van der Waals surface area contributed by atoms with Crippen LogP contribution in [0.1, 0.15) is 58.5 Å². The number of ether oxygens (including phenoxy) is 2. The zero-order chi connectivity index (χ0) is 29.3. The van der Waals surface area contributed by atoms with Crippen LogP contribution >= 0.6 is 0 Å². The Morgan fingerprint density at radius 1 is 1.02 bits per heavy atom. The topological polar surface area (TPSA) is 86.9 Å². The summed E-state index contributed by atoms with van der Waals surface area (Å²) in [7, 11) is 0. The Morgan fingerprint density at radius 3 is 2.81 bits per heavy atom. The maximum absolute atomic E-state index is 13.8. The van der Waals surface area contributed by atoms with Crippen LogP contribution in [0.4, 0.5) is 0 Å². The van der Waals surface area contributed by atoms with Gasteiger partial charge in [0, 0.05) is 47.4 Å². The van der Waals surface area contributed by atoms with Crippen molar-refractivity contribution in [1.82, 2.24) is 20.1 Å². The third-order valence-corrected chi connectivity index (χ3v) is 9.00. The van der Waals surface area contributed by atoms with Crippen LogP contribution in [-0.2, 0) is 11.2 Å². The lowest BCUT2D eigenvalue weighted by atomic mass is 9.92. The number of benzene rings is 3. The number of likely N-dealkylation sites (tertiary alicyclic amines) is 1. The van der Waals surface area contributed by atoms with Crippen LogP contribution < -0.4 is 14.8 Å². The van der Waals surface area contributed by atoms with E-state index in [9.17, 15) is 9.59 Å². The van der Waals surface area contributed by atoms with Crippen LogP contribution in [0.15, 0.2) is 72.8 Å². The van der Waals surface area contributed by atoms with E-state index in [1.165, 1.54) is 17.4 Å². The van der Waals surface area contributed by atoms with Crippen LogP contribution in [-0.4, -0.2) is 65.6 Å².